The molecule has 26 heavy (non-hydrogen) atoms. The second kappa shape index (κ2) is 9.14. The number of morpholine rings is 1. The predicted octanol–water partition coefficient (Wildman–Crippen LogP) is 2.12. The normalized spacial score (nSPS) is 21.9. The zero-order valence-corrected chi connectivity index (χ0v) is 15.5. The third kappa shape index (κ3) is 5.05. The number of carbonyl (C=O) groups is 2. The highest BCUT2D eigenvalue weighted by Crippen LogP contribution is 2.23. The van der Waals surface area contributed by atoms with E-state index >= 15 is 0 Å². The number of amides is 2. The van der Waals surface area contributed by atoms with Crippen molar-refractivity contribution in [1.82, 2.24) is 10.2 Å². The maximum absolute atomic E-state index is 12.6. The van der Waals surface area contributed by atoms with Crippen LogP contribution in [-0.2, 0) is 9.53 Å². The van der Waals surface area contributed by atoms with Crippen molar-refractivity contribution in [2.75, 3.05) is 44.7 Å². The number of rotatable bonds is 5. The van der Waals surface area contributed by atoms with Gasteiger partial charge in [-0.2, -0.15) is 0 Å². The minimum atomic E-state index is -0.00829. The van der Waals surface area contributed by atoms with Crippen molar-refractivity contribution < 1.29 is 14.3 Å². The molecule has 2 N–H and O–H groups in total. The van der Waals surface area contributed by atoms with E-state index in [2.05, 4.69) is 17.6 Å². The fourth-order valence-electron chi connectivity index (χ4n) is 3.71. The number of nitrogens with one attached hydrogen (secondary N) is 2. The first-order valence-electron chi connectivity index (χ1n) is 9.61. The van der Waals surface area contributed by atoms with Gasteiger partial charge in [-0.15, -0.1) is 0 Å². The second-order valence-electron chi connectivity index (χ2n) is 7.32. The molecule has 2 fully saturated rings. The van der Waals surface area contributed by atoms with Gasteiger partial charge in [0.1, 0.15) is 0 Å². The molecule has 2 atom stereocenters. The van der Waals surface area contributed by atoms with E-state index in [1.165, 1.54) is 12.8 Å². The van der Waals surface area contributed by atoms with Gasteiger partial charge >= 0.3 is 0 Å². The van der Waals surface area contributed by atoms with Gasteiger partial charge < -0.3 is 20.3 Å². The van der Waals surface area contributed by atoms with Crippen LogP contribution in [0.5, 0.6) is 0 Å². The molecule has 2 aliphatic rings. The minimum Gasteiger partial charge on any atom is -0.378 e. The summed E-state index contributed by atoms with van der Waals surface area (Å²) in [6.45, 7) is 6.61. The van der Waals surface area contributed by atoms with Crippen LogP contribution in [0.1, 0.15) is 36.5 Å². The van der Waals surface area contributed by atoms with Crippen molar-refractivity contribution >= 4 is 17.5 Å². The first-order chi connectivity index (χ1) is 12.6. The molecule has 0 radical (unpaired) electrons. The molecule has 0 aliphatic carbocycles. The van der Waals surface area contributed by atoms with E-state index in [1.807, 2.05) is 12.1 Å². The lowest BCUT2D eigenvalue weighted by Gasteiger charge is -2.28. The predicted molar refractivity (Wildman–Crippen MR) is 101 cm³/mol. The fraction of sp³-hybridized carbons (Fsp3) is 0.600. The molecule has 6 heteroatoms. The molecule has 0 bridgehead atoms. The van der Waals surface area contributed by atoms with Crippen molar-refractivity contribution in [3.8, 4) is 0 Å². The molecule has 0 spiro atoms. The molecule has 2 unspecified atom stereocenters. The van der Waals surface area contributed by atoms with Crippen LogP contribution >= 0.6 is 0 Å². The van der Waals surface area contributed by atoms with Crippen LogP contribution in [0.15, 0.2) is 24.3 Å². The van der Waals surface area contributed by atoms with Gasteiger partial charge in [-0.3, -0.25) is 9.59 Å². The Labute approximate surface area is 155 Å². The Morgan fingerprint density at radius 1 is 1.35 bits per heavy atom. The summed E-state index contributed by atoms with van der Waals surface area (Å²) in [5, 5.41) is 6.36. The molecule has 6 nitrogen and oxygen atoms in total. The van der Waals surface area contributed by atoms with Gasteiger partial charge in [-0.25, -0.2) is 0 Å². The highest BCUT2D eigenvalue weighted by Gasteiger charge is 2.22. The topological polar surface area (TPSA) is 70.7 Å². The van der Waals surface area contributed by atoms with E-state index in [0.29, 0.717) is 55.8 Å². The number of ether oxygens (including phenoxy) is 1. The Bertz CT molecular complexity index is 622. The number of nitrogens with zero attached hydrogens (tertiary/aromatic N) is 1. The van der Waals surface area contributed by atoms with Gasteiger partial charge in [0.15, 0.2) is 0 Å². The number of piperidine rings is 1. The fourth-order valence-corrected chi connectivity index (χ4v) is 3.71. The van der Waals surface area contributed by atoms with E-state index < -0.39 is 0 Å². The van der Waals surface area contributed by atoms with E-state index in [0.717, 1.165) is 13.1 Å². The summed E-state index contributed by atoms with van der Waals surface area (Å²) in [7, 11) is 0. The molecule has 0 aromatic heterocycles. The number of hydrogen-bond acceptors (Lipinski definition) is 4. The monoisotopic (exact) mass is 359 g/mol. The summed E-state index contributed by atoms with van der Waals surface area (Å²) >= 11 is 0. The largest absolute Gasteiger partial charge is 0.378 e. The van der Waals surface area contributed by atoms with Crippen LogP contribution in [0.4, 0.5) is 5.69 Å². The Hall–Kier alpha value is -1.92. The van der Waals surface area contributed by atoms with Gasteiger partial charge in [0.05, 0.1) is 13.2 Å². The van der Waals surface area contributed by atoms with Gasteiger partial charge in [-0.1, -0.05) is 13.0 Å². The number of hydrogen-bond donors (Lipinski definition) is 2. The smallest absolute Gasteiger partial charge is 0.254 e. The van der Waals surface area contributed by atoms with Crippen LogP contribution in [0.25, 0.3) is 0 Å². The standard InChI is InChI=1S/C20H29N3O3/c1-15(17-5-3-7-21-14-17)12-19(24)22-18-6-2-4-16(13-18)20(25)23-8-10-26-11-9-23/h2,4,6,13,15,17,21H,3,5,7-12,14H2,1H3,(H,22,24). The van der Waals surface area contributed by atoms with E-state index in [1.54, 1.807) is 17.0 Å². The Balaban J connectivity index is 1.55. The lowest BCUT2D eigenvalue weighted by molar-refractivity contribution is -0.117. The molecule has 1 aromatic rings. The van der Waals surface area contributed by atoms with Crippen LogP contribution in [-0.4, -0.2) is 56.1 Å². The zero-order valence-electron chi connectivity index (χ0n) is 15.5. The lowest BCUT2D eigenvalue weighted by Crippen LogP contribution is -2.40. The molecule has 142 valence electrons. The minimum absolute atomic E-state index is 0.00829. The average molecular weight is 359 g/mol. The van der Waals surface area contributed by atoms with E-state index in [4.69, 9.17) is 4.74 Å². The Morgan fingerprint density at radius 2 is 2.15 bits per heavy atom. The van der Waals surface area contributed by atoms with Crippen LogP contribution in [0.3, 0.4) is 0 Å². The van der Waals surface area contributed by atoms with Crippen molar-refractivity contribution in [2.24, 2.45) is 11.8 Å². The molecule has 3 rings (SSSR count). The molecule has 2 saturated heterocycles. The number of benzene rings is 1. The van der Waals surface area contributed by atoms with Gasteiger partial charge in [-0.05, 0) is 56.0 Å². The van der Waals surface area contributed by atoms with Crippen LogP contribution in [0, 0.1) is 11.8 Å². The lowest BCUT2D eigenvalue weighted by atomic mass is 9.85. The number of carbonyl (C=O) groups excluding carboxylic acids is 2. The van der Waals surface area contributed by atoms with Crippen LogP contribution < -0.4 is 10.6 Å². The molecule has 2 aliphatic heterocycles. The molecule has 1 aromatic carbocycles. The van der Waals surface area contributed by atoms with Gasteiger partial charge in [0.25, 0.3) is 5.91 Å². The summed E-state index contributed by atoms with van der Waals surface area (Å²) < 4.78 is 5.29. The maximum atomic E-state index is 12.6. The first kappa shape index (κ1) is 18.9. The van der Waals surface area contributed by atoms with Crippen molar-refractivity contribution in [3.05, 3.63) is 29.8 Å². The van der Waals surface area contributed by atoms with E-state index in [9.17, 15) is 9.59 Å². The Kier molecular flexibility index (Phi) is 6.63. The zero-order chi connectivity index (χ0) is 18.4. The second-order valence-corrected chi connectivity index (χ2v) is 7.32. The summed E-state index contributed by atoms with van der Waals surface area (Å²) in [5.74, 6) is 0.912. The summed E-state index contributed by atoms with van der Waals surface area (Å²) in [6.07, 6.45) is 2.88. The van der Waals surface area contributed by atoms with Gasteiger partial charge in [0, 0.05) is 30.8 Å². The SMILES string of the molecule is CC(CC(=O)Nc1cccc(C(=O)N2CCOCC2)c1)C1CCCNC1. The molecule has 2 amide bonds. The Morgan fingerprint density at radius 3 is 2.88 bits per heavy atom. The van der Waals surface area contributed by atoms with Crippen molar-refractivity contribution in [3.63, 3.8) is 0 Å². The summed E-state index contributed by atoms with van der Waals surface area (Å²) in [6, 6.07) is 7.21. The summed E-state index contributed by atoms with van der Waals surface area (Å²) in [5.41, 5.74) is 1.29. The molecule has 0 saturated carbocycles. The summed E-state index contributed by atoms with van der Waals surface area (Å²) in [4.78, 5) is 26.8. The third-order valence-corrected chi connectivity index (χ3v) is 5.34. The first-order valence-corrected chi connectivity index (χ1v) is 9.61. The quantitative estimate of drug-likeness (QED) is 0.845. The highest BCUT2D eigenvalue weighted by atomic mass is 16.5. The highest BCUT2D eigenvalue weighted by molar-refractivity contribution is 5.97. The molecule has 2 heterocycles. The van der Waals surface area contributed by atoms with Crippen molar-refractivity contribution in [2.45, 2.75) is 26.2 Å². The molecular weight excluding hydrogens is 330 g/mol. The average Bonchev–Trinajstić information content (AvgIpc) is 2.69. The number of anilines is 1. The van der Waals surface area contributed by atoms with Crippen LogP contribution in [0.2, 0.25) is 0 Å². The van der Waals surface area contributed by atoms with Crippen molar-refractivity contribution in [1.29, 1.82) is 0 Å². The maximum Gasteiger partial charge on any atom is 0.254 e. The van der Waals surface area contributed by atoms with Gasteiger partial charge in [0.2, 0.25) is 5.91 Å². The third-order valence-electron chi connectivity index (χ3n) is 5.34. The molecular formula is C20H29N3O3. The van der Waals surface area contributed by atoms with E-state index in [-0.39, 0.29) is 11.8 Å².